The minimum Gasteiger partial charge on any atom is -0.310 e. The average Bonchev–Trinajstić information content (AvgIpc) is 2.27. The van der Waals surface area contributed by atoms with Gasteiger partial charge in [0.1, 0.15) is 5.82 Å². The van der Waals surface area contributed by atoms with Crippen LogP contribution in [0.3, 0.4) is 0 Å². The summed E-state index contributed by atoms with van der Waals surface area (Å²) in [6.45, 7) is 7.65. The van der Waals surface area contributed by atoms with Gasteiger partial charge in [-0.05, 0) is 51.1 Å². The first-order valence-electron chi connectivity index (χ1n) is 7.03. The van der Waals surface area contributed by atoms with Crippen LogP contribution in [0.15, 0.2) is 24.3 Å². The Balaban J connectivity index is 2.55. The van der Waals surface area contributed by atoms with E-state index in [1.54, 1.807) is 12.1 Å². The lowest BCUT2D eigenvalue weighted by Gasteiger charge is -2.29. The van der Waals surface area contributed by atoms with Gasteiger partial charge in [0.2, 0.25) is 0 Å². The molecule has 0 aliphatic carbocycles. The van der Waals surface area contributed by atoms with Gasteiger partial charge in [-0.3, -0.25) is 0 Å². The summed E-state index contributed by atoms with van der Waals surface area (Å²) < 4.78 is 13.2. The van der Waals surface area contributed by atoms with E-state index in [2.05, 4.69) is 45.1 Å². The van der Waals surface area contributed by atoms with E-state index in [9.17, 15) is 4.39 Å². The molecule has 0 fully saturated rings. The molecule has 0 saturated heterocycles. The SMILES string of the molecule is CC(Cc1cccc(F)c1)NC(CN(C)C)C(C)C. The van der Waals surface area contributed by atoms with E-state index < -0.39 is 0 Å². The van der Waals surface area contributed by atoms with E-state index in [0.717, 1.165) is 18.5 Å². The van der Waals surface area contributed by atoms with Crippen molar-refractivity contribution in [1.29, 1.82) is 0 Å². The second-order valence-corrected chi connectivity index (χ2v) is 6.01. The van der Waals surface area contributed by atoms with Gasteiger partial charge < -0.3 is 10.2 Å². The molecule has 0 bridgehead atoms. The molecule has 108 valence electrons. The van der Waals surface area contributed by atoms with Gasteiger partial charge in [-0.25, -0.2) is 4.39 Å². The van der Waals surface area contributed by atoms with Gasteiger partial charge in [-0.1, -0.05) is 26.0 Å². The molecule has 2 nitrogen and oxygen atoms in total. The Kier molecular flexibility index (Phi) is 6.46. The van der Waals surface area contributed by atoms with E-state index in [4.69, 9.17) is 0 Å². The normalized spacial score (nSPS) is 14.9. The minimum atomic E-state index is -0.154. The maximum absolute atomic E-state index is 13.2. The van der Waals surface area contributed by atoms with E-state index >= 15 is 0 Å². The van der Waals surface area contributed by atoms with E-state index in [0.29, 0.717) is 18.0 Å². The molecular weight excluding hydrogens is 239 g/mol. The van der Waals surface area contributed by atoms with Gasteiger partial charge in [-0.15, -0.1) is 0 Å². The van der Waals surface area contributed by atoms with Crippen molar-refractivity contribution in [1.82, 2.24) is 10.2 Å². The highest BCUT2D eigenvalue weighted by molar-refractivity contribution is 5.17. The van der Waals surface area contributed by atoms with E-state index in [1.165, 1.54) is 6.07 Å². The molecule has 0 aliphatic rings. The fourth-order valence-corrected chi connectivity index (χ4v) is 2.29. The molecular formula is C16H27FN2. The molecule has 3 heteroatoms. The van der Waals surface area contributed by atoms with Crippen LogP contribution in [0.25, 0.3) is 0 Å². The number of nitrogens with one attached hydrogen (secondary N) is 1. The van der Waals surface area contributed by atoms with Crippen molar-refractivity contribution in [2.45, 2.75) is 39.3 Å². The molecule has 0 aliphatic heterocycles. The van der Waals surface area contributed by atoms with Crippen LogP contribution in [0.4, 0.5) is 4.39 Å². The van der Waals surface area contributed by atoms with E-state index in [1.807, 2.05) is 6.07 Å². The number of likely N-dealkylation sites (N-methyl/N-ethyl adjacent to an activating group) is 1. The second-order valence-electron chi connectivity index (χ2n) is 6.01. The third-order valence-corrected chi connectivity index (χ3v) is 3.30. The highest BCUT2D eigenvalue weighted by Crippen LogP contribution is 2.09. The minimum absolute atomic E-state index is 0.154. The molecule has 1 rings (SSSR count). The molecule has 0 aromatic heterocycles. The molecule has 1 aromatic carbocycles. The van der Waals surface area contributed by atoms with Crippen molar-refractivity contribution in [3.63, 3.8) is 0 Å². The van der Waals surface area contributed by atoms with Crippen LogP contribution in [0, 0.1) is 11.7 Å². The number of benzene rings is 1. The molecule has 0 saturated carbocycles. The molecule has 0 heterocycles. The standard InChI is InChI=1S/C16H27FN2/c1-12(2)16(11-19(4)5)18-13(3)9-14-7-6-8-15(17)10-14/h6-8,10,12-13,16,18H,9,11H2,1-5H3. The quantitative estimate of drug-likeness (QED) is 0.816. The third-order valence-electron chi connectivity index (χ3n) is 3.30. The predicted octanol–water partition coefficient (Wildman–Crippen LogP) is 2.93. The van der Waals surface area contributed by atoms with Gasteiger partial charge in [-0.2, -0.15) is 0 Å². The lowest BCUT2D eigenvalue weighted by atomic mass is 10.0. The maximum Gasteiger partial charge on any atom is 0.123 e. The van der Waals surface area contributed by atoms with Crippen molar-refractivity contribution in [2.75, 3.05) is 20.6 Å². The summed E-state index contributed by atoms with van der Waals surface area (Å²) in [5.74, 6) is 0.427. The van der Waals surface area contributed by atoms with Crippen molar-refractivity contribution in [2.24, 2.45) is 5.92 Å². The van der Waals surface area contributed by atoms with Crippen molar-refractivity contribution in [3.05, 3.63) is 35.6 Å². The zero-order valence-electron chi connectivity index (χ0n) is 12.8. The summed E-state index contributed by atoms with van der Waals surface area (Å²) in [5.41, 5.74) is 1.05. The first kappa shape index (κ1) is 16.1. The summed E-state index contributed by atoms with van der Waals surface area (Å²) in [5, 5.41) is 3.65. The molecule has 2 atom stereocenters. The van der Waals surface area contributed by atoms with Gasteiger partial charge >= 0.3 is 0 Å². The van der Waals surface area contributed by atoms with Gasteiger partial charge in [0.25, 0.3) is 0 Å². The molecule has 19 heavy (non-hydrogen) atoms. The number of halogens is 1. The highest BCUT2D eigenvalue weighted by atomic mass is 19.1. The van der Waals surface area contributed by atoms with Crippen molar-refractivity contribution in [3.8, 4) is 0 Å². The van der Waals surface area contributed by atoms with Gasteiger partial charge in [0.05, 0.1) is 0 Å². The Hall–Kier alpha value is -0.930. The summed E-state index contributed by atoms with van der Waals surface area (Å²) >= 11 is 0. The fraction of sp³-hybridized carbons (Fsp3) is 0.625. The average molecular weight is 266 g/mol. The van der Waals surface area contributed by atoms with Crippen LogP contribution in [0.2, 0.25) is 0 Å². The van der Waals surface area contributed by atoms with Crippen molar-refractivity contribution < 1.29 is 4.39 Å². The third kappa shape index (κ3) is 6.17. The summed E-state index contributed by atoms with van der Waals surface area (Å²) in [4.78, 5) is 2.20. The summed E-state index contributed by atoms with van der Waals surface area (Å²) in [6.07, 6.45) is 0.856. The second kappa shape index (κ2) is 7.61. The van der Waals surface area contributed by atoms with Crippen molar-refractivity contribution >= 4 is 0 Å². The van der Waals surface area contributed by atoms with Crippen LogP contribution in [0.5, 0.6) is 0 Å². The smallest absolute Gasteiger partial charge is 0.123 e. The largest absolute Gasteiger partial charge is 0.310 e. The number of hydrogen-bond acceptors (Lipinski definition) is 2. The zero-order chi connectivity index (χ0) is 14.4. The number of nitrogens with zero attached hydrogens (tertiary/aromatic N) is 1. The highest BCUT2D eigenvalue weighted by Gasteiger charge is 2.16. The Morgan fingerprint density at radius 1 is 1.21 bits per heavy atom. The molecule has 0 radical (unpaired) electrons. The lowest BCUT2D eigenvalue weighted by Crippen LogP contribution is -2.46. The lowest BCUT2D eigenvalue weighted by molar-refractivity contribution is 0.272. The fourth-order valence-electron chi connectivity index (χ4n) is 2.29. The zero-order valence-corrected chi connectivity index (χ0v) is 12.8. The maximum atomic E-state index is 13.2. The molecule has 0 amide bonds. The molecule has 1 N–H and O–H groups in total. The first-order chi connectivity index (χ1) is 8.88. The first-order valence-corrected chi connectivity index (χ1v) is 7.03. The Bertz CT molecular complexity index is 377. The molecule has 1 aromatic rings. The van der Waals surface area contributed by atoms with E-state index in [-0.39, 0.29) is 5.82 Å². The Morgan fingerprint density at radius 3 is 2.42 bits per heavy atom. The van der Waals surface area contributed by atoms with Crippen LogP contribution in [-0.2, 0) is 6.42 Å². The van der Waals surface area contributed by atoms with Crippen LogP contribution >= 0.6 is 0 Å². The number of rotatable bonds is 7. The van der Waals surface area contributed by atoms with Crippen LogP contribution < -0.4 is 5.32 Å². The summed E-state index contributed by atoms with van der Waals surface area (Å²) in [6, 6.07) is 7.67. The monoisotopic (exact) mass is 266 g/mol. The predicted molar refractivity (Wildman–Crippen MR) is 79.9 cm³/mol. The topological polar surface area (TPSA) is 15.3 Å². The molecule has 2 unspecified atom stereocenters. The Morgan fingerprint density at radius 2 is 1.89 bits per heavy atom. The summed E-state index contributed by atoms with van der Waals surface area (Å²) in [7, 11) is 4.18. The van der Waals surface area contributed by atoms with Crippen LogP contribution in [-0.4, -0.2) is 37.6 Å². The number of hydrogen-bond donors (Lipinski definition) is 1. The van der Waals surface area contributed by atoms with Crippen LogP contribution in [0.1, 0.15) is 26.3 Å². The van der Waals surface area contributed by atoms with Gasteiger partial charge in [0.15, 0.2) is 0 Å². The molecule has 0 spiro atoms. The van der Waals surface area contributed by atoms with Gasteiger partial charge in [0, 0.05) is 18.6 Å². The Labute approximate surface area is 117 Å².